The van der Waals surface area contributed by atoms with Crippen molar-refractivity contribution in [2.75, 3.05) is 24.6 Å². The molecular formula is C18H39Cl3O2PRu. The molecule has 0 bridgehead atoms. The summed E-state index contributed by atoms with van der Waals surface area (Å²) < 4.78 is 0. The third kappa shape index (κ3) is 30.4. The van der Waals surface area contributed by atoms with Crippen LogP contribution in [0.4, 0.5) is 0 Å². The summed E-state index contributed by atoms with van der Waals surface area (Å²) in [6.45, 7) is 10.4. The molecule has 0 aromatic heterocycles. The first-order valence-corrected chi connectivity index (χ1v) is 18.6. The molecular weight excluding hydrogens is 487 g/mol. The summed E-state index contributed by atoms with van der Waals surface area (Å²) in [6.07, 6.45) is 17.9. The quantitative estimate of drug-likeness (QED) is 0.203. The molecule has 0 saturated carbocycles. The van der Waals surface area contributed by atoms with Crippen molar-refractivity contribution in [3.63, 3.8) is 0 Å². The van der Waals surface area contributed by atoms with E-state index in [-0.39, 0.29) is 0 Å². The zero-order valence-corrected chi connectivity index (χ0v) is 21.6. The average Bonchev–Trinajstić information content (AvgIpc) is 2.52. The van der Waals surface area contributed by atoms with Crippen LogP contribution in [0.15, 0.2) is 0 Å². The third-order valence-electron chi connectivity index (χ3n) is 3.94. The number of aliphatic carboxylic acids is 1. The van der Waals surface area contributed by atoms with Crippen LogP contribution in [-0.4, -0.2) is 30.6 Å². The predicted molar refractivity (Wildman–Crippen MR) is 114 cm³/mol. The average molecular weight is 526 g/mol. The van der Waals surface area contributed by atoms with Crippen molar-refractivity contribution in [1.29, 1.82) is 0 Å². The van der Waals surface area contributed by atoms with Gasteiger partial charge in [0.05, 0.1) is 24.6 Å². The second-order valence-corrected chi connectivity index (χ2v) is 18.7. The summed E-state index contributed by atoms with van der Waals surface area (Å²) in [4.78, 5) is 8.89. The summed E-state index contributed by atoms with van der Waals surface area (Å²) in [5.74, 6) is -1.08. The zero-order valence-electron chi connectivity index (χ0n) is 16.7. The van der Waals surface area contributed by atoms with Gasteiger partial charge in [0.25, 0.3) is 0 Å². The number of hydrogen-bond donors (Lipinski definition) is 0. The summed E-state index contributed by atoms with van der Waals surface area (Å²) >= 11 is -1.75. The van der Waals surface area contributed by atoms with Crippen molar-refractivity contribution in [1.82, 2.24) is 0 Å². The van der Waals surface area contributed by atoms with Crippen molar-refractivity contribution in [3.05, 3.63) is 0 Å². The SMILES string of the molecule is CC(=O)[O-].CCCC[P+](CCCC)(CCCC)CCCC.[Cl][Ru]([Cl])[Cl]. The molecule has 0 amide bonds. The molecule has 7 heteroatoms. The van der Waals surface area contributed by atoms with Gasteiger partial charge in [-0.1, -0.05) is 53.4 Å². The van der Waals surface area contributed by atoms with Crippen LogP contribution in [0.2, 0.25) is 0 Å². The number of carbonyl (C=O) groups excluding carboxylic acids is 1. The van der Waals surface area contributed by atoms with Crippen molar-refractivity contribution >= 4 is 42.3 Å². The second-order valence-electron chi connectivity index (χ2n) is 6.29. The summed E-state index contributed by atoms with van der Waals surface area (Å²) in [6, 6.07) is 0. The molecule has 2 nitrogen and oxygen atoms in total. The van der Waals surface area contributed by atoms with Crippen molar-refractivity contribution < 1.29 is 22.9 Å². The van der Waals surface area contributed by atoms with E-state index in [4.69, 9.17) is 39.0 Å². The molecule has 0 saturated heterocycles. The molecule has 0 aromatic rings. The van der Waals surface area contributed by atoms with Gasteiger partial charge >= 0.3 is 42.1 Å². The van der Waals surface area contributed by atoms with E-state index in [0.29, 0.717) is 0 Å². The van der Waals surface area contributed by atoms with E-state index in [1.54, 1.807) is 24.6 Å². The van der Waals surface area contributed by atoms with Crippen LogP contribution in [0.5, 0.6) is 0 Å². The minimum atomic E-state index is -1.75. The first kappa shape index (κ1) is 31.1. The molecule has 0 N–H and O–H groups in total. The Kier molecular flexibility index (Phi) is 29.1. The van der Waals surface area contributed by atoms with Crippen LogP contribution >= 0.6 is 36.3 Å². The third-order valence-corrected chi connectivity index (χ3v) is 9.00. The fraction of sp³-hybridized carbons (Fsp3) is 0.944. The number of unbranched alkanes of at least 4 members (excludes halogenated alkanes) is 4. The molecule has 0 fully saturated rings. The van der Waals surface area contributed by atoms with E-state index in [1.165, 1.54) is 51.4 Å². The molecule has 0 atom stereocenters. The molecule has 0 unspecified atom stereocenters. The normalized spacial score (nSPS) is 11.0. The number of carboxylic acids is 1. The summed E-state index contributed by atoms with van der Waals surface area (Å²) in [7, 11) is 14.3. The fourth-order valence-corrected chi connectivity index (χ4v) is 7.93. The van der Waals surface area contributed by atoms with Gasteiger partial charge in [0.1, 0.15) is 0 Å². The Balaban J connectivity index is -0.000000503. The van der Waals surface area contributed by atoms with Crippen LogP contribution in [0.25, 0.3) is 0 Å². The Morgan fingerprint density at radius 2 is 0.920 bits per heavy atom. The maximum absolute atomic E-state index is 8.89. The van der Waals surface area contributed by atoms with Crippen molar-refractivity contribution in [3.8, 4) is 0 Å². The molecule has 0 spiro atoms. The van der Waals surface area contributed by atoms with Crippen LogP contribution in [-0.2, 0) is 17.8 Å². The zero-order chi connectivity index (χ0) is 20.1. The van der Waals surface area contributed by atoms with Gasteiger partial charge in [0.2, 0.25) is 0 Å². The van der Waals surface area contributed by atoms with Gasteiger partial charge in [-0.3, -0.25) is 0 Å². The molecule has 0 aliphatic rings. The number of carbonyl (C=O) groups is 1. The summed E-state index contributed by atoms with van der Waals surface area (Å²) in [5.41, 5.74) is 0. The number of rotatable bonds is 12. The maximum atomic E-state index is 8.89. The Labute approximate surface area is 175 Å². The second kappa shape index (κ2) is 23.4. The minimum absolute atomic E-state index is 0.562. The van der Waals surface area contributed by atoms with E-state index >= 15 is 0 Å². The van der Waals surface area contributed by atoms with Crippen molar-refractivity contribution in [2.45, 2.75) is 86.0 Å². The van der Waals surface area contributed by atoms with Gasteiger partial charge < -0.3 is 9.90 Å². The number of halogens is 3. The molecule has 157 valence electrons. The molecule has 0 heterocycles. The van der Waals surface area contributed by atoms with Gasteiger partial charge in [0, 0.05) is 13.2 Å². The Morgan fingerprint density at radius 1 is 0.760 bits per heavy atom. The standard InChI is InChI=1S/C16H36P.C2H4O2.3ClH.Ru/c1-5-9-13-17(14-10-6-2,15-11-7-3)16-12-8-4;1-2(3)4;;;;/h5-16H2,1-4H3;1H3,(H,3,4);3*1H;/q+1;;;;;+3/p-4. The molecule has 0 rings (SSSR count). The molecule has 0 radical (unpaired) electrons. The van der Waals surface area contributed by atoms with Gasteiger partial charge in [-0.05, 0) is 32.6 Å². The van der Waals surface area contributed by atoms with Crippen LogP contribution in [0.3, 0.4) is 0 Å². The molecule has 25 heavy (non-hydrogen) atoms. The van der Waals surface area contributed by atoms with Crippen molar-refractivity contribution in [2.24, 2.45) is 0 Å². The van der Waals surface area contributed by atoms with Crippen LogP contribution < -0.4 is 5.11 Å². The molecule has 0 aromatic carbocycles. The monoisotopic (exact) mass is 525 g/mol. The summed E-state index contributed by atoms with van der Waals surface area (Å²) in [5, 5.41) is 8.89. The van der Waals surface area contributed by atoms with E-state index < -0.39 is 26.2 Å². The number of hydrogen-bond acceptors (Lipinski definition) is 2. The van der Waals surface area contributed by atoms with E-state index in [1.807, 2.05) is 0 Å². The first-order valence-electron chi connectivity index (χ1n) is 9.40. The topological polar surface area (TPSA) is 40.1 Å². The van der Waals surface area contributed by atoms with E-state index in [2.05, 4.69) is 27.7 Å². The van der Waals surface area contributed by atoms with Gasteiger partial charge in [-0.15, -0.1) is 0 Å². The number of carboxylic acid groups (broad SMARTS) is 1. The Bertz CT molecular complexity index is 239. The van der Waals surface area contributed by atoms with Gasteiger partial charge in [0.15, 0.2) is 0 Å². The first-order chi connectivity index (χ1) is 11.7. The fourth-order valence-electron chi connectivity index (χ4n) is 2.64. The Hall–Kier alpha value is 1.39. The van der Waals surface area contributed by atoms with Crippen LogP contribution in [0.1, 0.15) is 86.0 Å². The van der Waals surface area contributed by atoms with E-state index in [0.717, 1.165) is 6.92 Å². The van der Waals surface area contributed by atoms with Gasteiger partial charge in [-0.2, -0.15) is 0 Å². The van der Waals surface area contributed by atoms with E-state index in [9.17, 15) is 0 Å². The van der Waals surface area contributed by atoms with Gasteiger partial charge in [-0.25, -0.2) is 0 Å². The van der Waals surface area contributed by atoms with Crippen LogP contribution in [0, 0.1) is 0 Å². The molecule has 0 aliphatic carbocycles. The molecule has 0 aliphatic heterocycles. The predicted octanol–water partition coefficient (Wildman–Crippen LogP) is 7.03. The Morgan fingerprint density at radius 3 is 1.04 bits per heavy atom.